The molecule has 0 rings (SSSR count). The van der Waals surface area contributed by atoms with Gasteiger partial charge in [0, 0.05) is 6.54 Å². The Morgan fingerprint density at radius 2 is 2.17 bits per heavy atom. The average molecular weight is 307 g/mol. The summed E-state index contributed by atoms with van der Waals surface area (Å²) in [5.74, 6) is -0.438. The number of ether oxygens (including phenoxy) is 1. The summed E-state index contributed by atoms with van der Waals surface area (Å²) in [5.41, 5.74) is 0. The predicted molar refractivity (Wildman–Crippen MR) is 52.7 cm³/mol. The Morgan fingerprint density at radius 1 is 1.67 bits per heavy atom. The number of hydrogen-bond acceptors (Lipinski definition) is 4. The van der Waals surface area contributed by atoms with Crippen molar-refractivity contribution in [1.82, 2.24) is 4.72 Å². The topological polar surface area (TPSA) is 72.5 Å². The first-order valence-electron chi connectivity index (χ1n) is 3.03. The first kappa shape index (κ1) is 12.1. The molecule has 0 aliphatic rings. The smallest absolute Gasteiger partial charge is 0.319 e. The summed E-state index contributed by atoms with van der Waals surface area (Å²) in [7, 11) is -1.97. The monoisotopic (exact) mass is 307 g/mol. The van der Waals surface area contributed by atoms with Crippen LogP contribution < -0.4 is 4.72 Å². The summed E-state index contributed by atoms with van der Waals surface area (Å²) < 4.78 is 27.3. The molecule has 12 heavy (non-hydrogen) atoms. The molecule has 0 aromatic carbocycles. The zero-order chi connectivity index (χ0) is 9.78. The summed E-state index contributed by atoms with van der Waals surface area (Å²) in [6.45, 7) is 0.0616. The highest BCUT2D eigenvalue weighted by Gasteiger charge is 2.16. The Bertz CT molecular complexity index is 250. The molecule has 0 aromatic rings. The lowest BCUT2D eigenvalue weighted by Crippen LogP contribution is -2.33. The minimum Gasteiger partial charge on any atom is -0.468 e. The van der Waals surface area contributed by atoms with E-state index < -0.39 is 19.9 Å². The quantitative estimate of drug-likeness (QED) is 0.432. The molecule has 0 spiro atoms. The van der Waals surface area contributed by atoms with Crippen molar-refractivity contribution in [3.63, 3.8) is 0 Å². The van der Waals surface area contributed by atoms with Gasteiger partial charge >= 0.3 is 5.97 Å². The Morgan fingerprint density at radius 3 is 2.50 bits per heavy atom. The van der Waals surface area contributed by atoms with Crippen molar-refractivity contribution in [3.05, 3.63) is 0 Å². The summed E-state index contributed by atoms with van der Waals surface area (Å²) in [5, 5.41) is 0. The van der Waals surface area contributed by atoms with Gasteiger partial charge in [-0.2, -0.15) is 0 Å². The fraction of sp³-hybridized carbons (Fsp3) is 0.800. The van der Waals surface area contributed by atoms with Crippen molar-refractivity contribution in [1.29, 1.82) is 0 Å². The normalized spacial score (nSPS) is 13.9. The highest BCUT2D eigenvalue weighted by molar-refractivity contribution is 14.1. The second kappa shape index (κ2) is 4.97. The highest BCUT2D eigenvalue weighted by Crippen LogP contribution is 2.00. The lowest BCUT2D eigenvalue weighted by molar-refractivity contribution is -0.139. The van der Waals surface area contributed by atoms with Gasteiger partial charge in [0.2, 0.25) is 10.0 Å². The number of methoxy groups -OCH3 is 1. The molecule has 0 fully saturated rings. The van der Waals surface area contributed by atoms with Gasteiger partial charge in [0.15, 0.2) is 0 Å². The van der Waals surface area contributed by atoms with E-state index in [1.165, 1.54) is 7.11 Å². The van der Waals surface area contributed by atoms with E-state index >= 15 is 0 Å². The number of nitrogens with one attached hydrogen (secondary N) is 1. The molecule has 0 heterocycles. The van der Waals surface area contributed by atoms with Crippen molar-refractivity contribution < 1.29 is 17.9 Å². The Balaban J connectivity index is 3.88. The van der Waals surface area contributed by atoms with Crippen LogP contribution in [0.25, 0.3) is 0 Å². The van der Waals surface area contributed by atoms with Crippen LogP contribution in [0.15, 0.2) is 0 Å². The van der Waals surface area contributed by atoms with E-state index in [2.05, 4.69) is 9.46 Å². The van der Waals surface area contributed by atoms with Gasteiger partial charge in [0.05, 0.1) is 13.4 Å². The summed E-state index contributed by atoms with van der Waals surface area (Å²) in [4.78, 5) is 10.8. The number of carbonyl (C=O) groups excluding carboxylic acids is 1. The molecular weight excluding hydrogens is 297 g/mol. The molecule has 0 aliphatic carbocycles. The molecule has 1 unspecified atom stereocenters. The third-order valence-corrected chi connectivity index (χ3v) is 2.62. The molecule has 0 radical (unpaired) electrons. The van der Waals surface area contributed by atoms with Crippen LogP contribution in [0, 0.1) is 0 Å². The van der Waals surface area contributed by atoms with Gasteiger partial charge in [-0.25, -0.2) is 13.1 Å². The van der Waals surface area contributed by atoms with Gasteiger partial charge < -0.3 is 4.74 Å². The standard InChI is InChI=1S/C5H10INO4S/c1-11-5(8)4(6)3-7-12(2,9)10/h4,7H,3H2,1-2H3. The molecule has 5 nitrogen and oxygen atoms in total. The summed E-state index contributed by atoms with van der Waals surface area (Å²) in [6.07, 6.45) is 1.04. The van der Waals surface area contributed by atoms with Crippen LogP contribution in [-0.2, 0) is 19.6 Å². The van der Waals surface area contributed by atoms with Gasteiger partial charge in [-0.3, -0.25) is 4.79 Å². The molecule has 0 bridgehead atoms. The molecular formula is C5H10INO4S. The van der Waals surface area contributed by atoms with Crippen molar-refractivity contribution in [3.8, 4) is 0 Å². The molecule has 0 aliphatic heterocycles. The molecule has 7 heteroatoms. The van der Waals surface area contributed by atoms with Crippen LogP contribution in [0.3, 0.4) is 0 Å². The fourth-order valence-corrected chi connectivity index (χ4v) is 1.68. The lowest BCUT2D eigenvalue weighted by Gasteiger charge is -2.06. The van der Waals surface area contributed by atoms with Crippen molar-refractivity contribution in [2.24, 2.45) is 0 Å². The molecule has 0 amide bonds. The number of hydrogen-bond donors (Lipinski definition) is 1. The van der Waals surface area contributed by atoms with Gasteiger partial charge in [0.1, 0.15) is 3.92 Å². The Labute approximate surface area is 85.0 Å². The molecule has 1 atom stereocenters. The van der Waals surface area contributed by atoms with Gasteiger partial charge in [-0.05, 0) is 0 Å². The van der Waals surface area contributed by atoms with Gasteiger partial charge in [0.25, 0.3) is 0 Å². The lowest BCUT2D eigenvalue weighted by atomic mass is 10.4. The van der Waals surface area contributed by atoms with E-state index in [4.69, 9.17) is 0 Å². The number of sulfonamides is 1. The first-order valence-corrected chi connectivity index (χ1v) is 6.17. The number of esters is 1. The Kier molecular flexibility index (Phi) is 5.02. The highest BCUT2D eigenvalue weighted by atomic mass is 127. The molecule has 0 saturated carbocycles. The summed E-state index contributed by atoms with van der Waals surface area (Å²) in [6, 6.07) is 0. The van der Waals surface area contributed by atoms with Crippen LogP contribution in [0.5, 0.6) is 0 Å². The maximum Gasteiger partial charge on any atom is 0.319 e. The zero-order valence-corrected chi connectivity index (χ0v) is 9.68. The third-order valence-electron chi connectivity index (χ3n) is 0.982. The van der Waals surface area contributed by atoms with Gasteiger partial charge in [-0.1, -0.05) is 22.6 Å². The first-order chi connectivity index (χ1) is 5.37. The van der Waals surface area contributed by atoms with Crippen molar-refractivity contribution in [2.75, 3.05) is 19.9 Å². The third kappa shape index (κ3) is 5.72. The second-order valence-corrected chi connectivity index (χ2v) is 5.45. The number of halogens is 1. The largest absolute Gasteiger partial charge is 0.468 e. The minimum absolute atomic E-state index is 0.0616. The molecule has 72 valence electrons. The van der Waals surface area contributed by atoms with Crippen LogP contribution >= 0.6 is 22.6 Å². The maximum absolute atomic E-state index is 10.8. The SMILES string of the molecule is COC(=O)C(I)CNS(C)(=O)=O. The van der Waals surface area contributed by atoms with E-state index in [-0.39, 0.29) is 6.54 Å². The number of carbonyl (C=O) groups is 1. The van der Waals surface area contributed by atoms with Crippen LogP contribution in [-0.4, -0.2) is 38.2 Å². The zero-order valence-electron chi connectivity index (χ0n) is 6.70. The van der Waals surface area contributed by atoms with Crippen molar-refractivity contribution in [2.45, 2.75) is 3.92 Å². The van der Waals surface area contributed by atoms with E-state index in [0.29, 0.717) is 0 Å². The molecule has 1 N–H and O–H groups in total. The average Bonchev–Trinajstić information content (AvgIpc) is 1.97. The summed E-state index contributed by atoms with van der Waals surface area (Å²) >= 11 is 1.81. The van der Waals surface area contributed by atoms with Crippen LogP contribution in [0.2, 0.25) is 0 Å². The van der Waals surface area contributed by atoms with E-state index in [9.17, 15) is 13.2 Å². The minimum atomic E-state index is -3.22. The molecule has 0 aromatic heterocycles. The van der Waals surface area contributed by atoms with Crippen LogP contribution in [0.1, 0.15) is 0 Å². The fourth-order valence-electron chi connectivity index (χ4n) is 0.436. The van der Waals surface area contributed by atoms with Crippen molar-refractivity contribution >= 4 is 38.6 Å². The van der Waals surface area contributed by atoms with E-state index in [0.717, 1.165) is 6.26 Å². The van der Waals surface area contributed by atoms with E-state index in [1.807, 2.05) is 0 Å². The van der Waals surface area contributed by atoms with Crippen LogP contribution in [0.4, 0.5) is 0 Å². The maximum atomic E-state index is 10.8. The number of alkyl halides is 1. The number of rotatable bonds is 4. The van der Waals surface area contributed by atoms with Gasteiger partial charge in [-0.15, -0.1) is 0 Å². The second-order valence-electron chi connectivity index (χ2n) is 2.11. The van der Waals surface area contributed by atoms with E-state index in [1.54, 1.807) is 22.6 Å². The predicted octanol–water partition coefficient (Wildman–Crippen LogP) is -0.488. The Hall–Kier alpha value is 0.110. The molecule has 0 saturated heterocycles.